The molecule has 1 aliphatic carbocycles. The van der Waals surface area contributed by atoms with Crippen molar-refractivity contribution in [2.45, 2.75) is 50.8 Å². The van der Waals surface area contributed by atoms with Crippen LogP contribution in [0.1, 0.15) is 37.1 Å². The fourth-order valence-corrected chi connectivity index (χ4v) is 5.43. The zero-order valence-electron chi connectivity index (χ0n) is 20.7. The van der Waals surface area contributed by atoms with Crippen molar-refractivity contribution in [2.24, 2.45) is 5.92 Å². The van der Waals surface area contributed by atoms with E-state index in [0.717, 1.165) is 44.7 Å². The lowest BCUT2D eigenvalue weighted by Gasteiger charge is -2.41. The molecule has 1 saturated carbocycles. The van der Waals surface area contributed by atoms with Gasteiger partial charge in [0.25, 0.3) is 0 Å². The predicted molar refractivity (Wildman–Crippen MR) is 136 cm³/mol. The molecule has 0 saturated heterocycles. The normalized spacial score (nSPS) is 16.6. The molecule has 5 rings (SSSR count). The molecule has 1 fully saturated rings. The molecule has 35 heavy (non-hydrogen) atoms. The molecule has 0 aromatic carbocycles. The van der Waals surface area contributed by atoms with Crippen LogP contribution in [0.15, 0.2) is 41.3 Å². The Kier molecular flexibility index (Phi) is 5.73. The second-order valence-corrected chi connectivity index (χ2v) is 10.1. The predicted octanol–water partition coefficient (Wildman–Crippen LogP) is 4.08. The van der Waals surface area contributed by atoms with E-state index >= 15 is 0 Å². The summed E-state index contributed by atoms with van der Waals surface area (Å²) in [7, 11) is 5.86. The molecule has 0 radical (unpaired) electrons. The van der Waals surface area contributed by atoms with Gasteiger partial charge in [-0.1, -0.05) is 5.16 Å². The topological polar surface area (TPSA) is 66.0 Å². The number of ether oxygens (including phenoxy) is 1. The van der Waals surface area contributed by atoms with Crippen LogP contribution in [0.5, 0.6) is 5.88 Å². The van der Waals surface area contributed by atoms with Crippen molar-refractivity contribution in [1.82, 2.24) is 19.7 Å². The van der Waals surface area contributed by atoms with E-state index < -0.39 is 11.3 Å². The SMILES string of the molecule is BC(B)(C1CCC(F)(F)CC1)n1cc(-c2ccc(OC)nc2)c2ncc(-c3c(C)noc3C)cc21. The highest BCUT2D eigenvalue weighted by atomic mass is 19.3. The summed E-state index contributed by atoms with van der Waals surface area (Å²) in [6.45, 7) is 3.80. The molecule has 10 heteroatoms. The summed E-state index contributed by atoms with van der Waals surface area (Å²) >= 11 is 0. The van der Waals surface area contributed by atoms with Crippen LogP contribution in [0, 0.1) is 19.8 Å². The van der Waals surface area contributed by atoms with Crippen molar-refractivity contribution in [1.29, 1.82) is 0 Å². The molecular weight excluding hydrogens is 448 g/mol. The average Bonchev–Trinajstić information content (AvgIpc) is 3.38. The molecule has 0 amide bonds. The van der Waals surface area contributed by atoms with Gasteiger partial charge in [0, 0.05) is 59.8 Å². The maximum absolute atomic E-state index is 13.9. The minimum atomic E-state index is -2.57. The average molecular weight is 476 g/mol. The molecule has 6 nitrogen and oxygen atoms in total. The highest BCUT2D eigenvalue weighted by Gasteiger charge is 2.41. The number of aromatic nitrogens is 4. The van der Waals surface area contributed by atoms with E-state index in [-0.39, 0.29) is 18.8 Å². The van der Waals surface area contributed by atoms with Crippen molar-refractivity contribution >= 4 is 26.7 Å². The van der Waals surface area contributed by atoms with Crippen LogP contribution >= 0.6 is 0 Å². The van der Waals surface area contributed by atoms with E-state index in [1.165, 1.54) is 0 Å². The summed E-state index contributed by atoms with van der Waals surface area (Å²) in [5.41, 5.74) is 6.27. The third-order valence-electron chi connectivity index (χ3n) is 7.56. The number of alkyl halides is 2. The Morgan fingerprint density at radius 2 is 1.83 bits per heavy atom. The van der Waals surface area contributed by atoms with E-state index in [2.05, 4.69) is 42.7 Å². The van der Waals surface area contributed by atoms with Crippen LogP contribution < -0.4 is 4.74 Å². The minimum absolute atomic E-state index is 0.0713. The van der Waals surface area contributed by atoms with Gasteiger partial charge in [-0.3, -0.25) is 4.98 Å². The summed E-state index contributed by atoms with van der Waals surface area (Å²) in [5.74, 6) is -1.18. The van der Waals surface area contributed by atoms with E-state index in [0.29, 0.717) is 18.7 Å². The van der Waals surface area contributed by atoms with Gasteiger partial charge < -0.3 is 13.8 Å². The first-order valence-corrected chi connectivity index (χ1v) is 11.9. The second kappa shape index (κ2) is 8.50. The van der Waals surface area contributed by atoms with Gasteiger partial charge in [-0.05, 0) is 50.1 Å². The van der Waals surface area contributed by atoms with Crippen LogP contribution in [0.2, 0.25) is 0 Å². The highest BCUT2D eigenvalue weighted by Crippen LogP contribution is 2.43. The number of rotatable bonds is 5. The van der Waals surface area contributed by atoms with Gasteiger partial charge in [0.1, 0.15) is 21.5 Å². The van der Waals surface area contributed by atoms with Crippen LogP contribution in [0.4, 0.5) is 8.78 Å². The molecule has 0 unspecified atom stereocenters. The molecule has 0 N–H and O–H groups in total. The number of fused-ring (bicyclic) bond motifs is 1. The molecular formula is C25H28B2F2N4O2. The first-order valence-electron chi connectivity index (χ1n) is 11.9. The molecule has 1 aliphatic rings. The zero-order valence-corrected chi connectivity index (χ0v) is 20.7. The van der Waals surface area contributed by atoms with Gasteiger partial charge in [0.15, 0.2) is 0 Å². The van der Waals surface area contributed by atoms with Crippen molar-refractivity contribution < 1.29 is 18.0 Å². The molecule has 4 aromatic heterocycles. The maximum Gasteiger partial charge on any atom is 0.248 e. The second-order valence-electron chi connectivity index (χ2n) is 10.1. The van der Waals surface area contributed by atoms with Crippen molar-refractivity contribution in [3.05, 3.63) is 48.2 Å². The summed E-state index contributed by atoms with van der Waals surface area (Å²) in [6, 6.07) is 5.89. The van der Waals surface area contributed by atoms with E-state index in [1.54, 1.807) is 13.3 Å². The molecule has 180 valence electrons. The summed E-state index contributed by atoms with van der Waals surface area (Å²) in [4.78, 5) is 9.25. The maximum atomic E-state index is 13.9. The Morgan fingerprint density at radius 1 is 1.11 bits per heavy atom. The third-order valence-corrected chi connectivity index (χ3v) is 7.56. The number of hydrogen-bond donors (Lipinski definition) is 0. The van der Waals surface area contributed by atoms with Gasteiger partial charge in [0.05, 0.1) is 23.8 Å². The lowest BCUT2D eigenvalue weighted by atomic mass is 9.52. The Hall–Kier alpha value is -3.16. The van der Waals surface area contributed by atoms with E-state index in [1.807, 2.05) is 32.2 Å². The Labute approximate surface area is 204 Å². The number of hydrogen-bond acceptors (Lipinski definition) is 5. The molecule has 4 heterocycles. The third kappa shape index (κ3) is 4.13. The number of nitrogens with zero attached hydrogens (tertiary/aromatic N) is 4. The fourth-order valence-electron chi connectivity index (χ4n) is 5.43. The smallest absolute Gasteiger partial charge is 0.248 e. The summed E-state index contributed by atoms with van der Waals surface area (Å²) in [5, 5.41) is 3.70. The van der Waals surface area contributed by atoms with E-state index in [4.69, 9.17) is 14.2 Å². The highest BCUT2D eigenvalue weighted by molar-refractivity contribution is 6.38. The fraction of sp³-hybridized carbons (Fsp3) is 0.400. The Bertz CT molecular complexity index is 1350. The molecule has 0 aliphatic heterocycles. The Balaban J connectivity index is 1.68. The lowest BCUT2D eigenvalue weighted by Crippen LogP contribution is -2.45. The van der Waals surface area contributed by atoms with Gasteiger partial charge in [-0.15, -0.1) is 0 Å². The number of pyridine rings is 2. The van der Waals surface area contributed by atoms with Gasteiger partial charge in [-0.25, -0.2) is 13.8 Å². The van der Waals surface area contributed by atoms with Crippen LogP contribution in [-0.2, 0) is 5.34 Å². The van der Waals surface area contributed by atoms with Gasteiger partial charge in [0.2, 0.25) is 11.8 Å². The minimum Gasteiger partial charge on any atom is -0.481 e. The van der Waals surface area contributed by atoms with Crippen molar-refractivity contribution in [3.8, 4) is 28.1 Å². The first kappa shape index (κ1) is 23.6. The summed E-state index contributed by atoms with van der Waals surface area (Å²) < 4.78 is 40.7. The monoisotopic (exact) mass is 476 g/mol. The number of aryl methyl sites for hydroxylation is 2. The van der Waals surface area contributed by atoms with Crippen LogP contribution in [0.3, 0.4) is 0 Å². The van der Waals surface area contributed by atoms with Crippen molar-refractivity contribution in [3.63, 3.8) is 0 Å². The van der Waals surface area contributed by atoms with Crippen LogP contribution in [0.25, 0.3) is 33.3 Å². The lowest BCUT2D eigenvalue weighted by molar-refractivity contribution is -0.0498. The largest absolute Gasteiger partial charge is 0.481 e. The molecule has 0 bridgehead atoms. The molecule has 0 spiro atoms. The molecule has 4 aromatic rings. The Morgan fingerprint density at radius 3 is 2.43 bits per heavy atom. The van der Waals surface area contributed by atoms with Crippen LogP contribution in [-0.4, -0.2) is 48.4 Å². The number of methoxy groups -OCH3 is 1. The summed E-state index contributed by atoms with van der Waals surface area (Å²) in [6.07, 6.45) is 6.53. The first-order chi connectivity index (χ1) is 16.6. The quantitative estimate of drug-likeness (QED) is 0.407. The standard InChI is InChI=1S/C25H28B2F2N4O2/c1-14-22(15(2)35-32-14)17-10-20-23(31-12-17)19(16-4-5-21(34-3)30-11-16)13-33(20)25(26,27)18-6-8-24(28,29)9-7-18/h4-5,10-13,18H,6-9,26-27H2,1-3H3. The zero-order chi connectivity index (χ0) is 25.0. The van der Waals surface area contributed by atoms with E-state index in [9.17, 15) is 8.78 Å². The molecule has 0 atom stereocenters. The van der Waals surface area contributed by atoms with Gasteiger partial charge >= 0.3 is 0 Å². The van der Waals surface area contributed by atoms with Gasteiger partial charge in [-0.2, -0.15) is 0 Å². The number of halogens is 2. The van der Waals surface area contributed by atoms with Crippen molar-refractivity contribution in [2.75, 3.05) is 7.11 Å².